The summed E-state index contributed by atoms with van der Waals surface area (Å²) in [7, 11) is 0. The summed E-state index contributed by atoms with van der Waals surface area (Å²) in [6, 6.07) is 15.3. The SMILES string of the molecule is O=C(NC1CCC(C(=O)Nc2ccc(-c3ccccc3)nc2)CC1)c1ccon1. The van der Waals surface area contributed by atoms with Gasteiger partial charge in [0.05, 0.1) is 17.6 Å². The number of aromatic nitrogens is 2. The number of nitrogens with one attached hydrogen (secondary N) is 2. The van der Waals surface area contributed by atoms with Crippen LogP contribution in [0.4, 0.5) is 5.69 Å². The molecule has 2 aromatic heterocycles. The molecule has 7 nitrogen and oxygen atoms in total. The van der Waals surface area contributed by atoms with Crippen LogP contribution in [0.25, 0.3) is 11.3 Å². The number of nitrogens with zero attached hydrogens (tertiary/aromatic N) is 2. The van der Waals surface area contributed by atoms with Crippen LogP contribution in [0.15, 0.2) is 65.5 Å². The van der Waals surface area contributed by atoms with E-state index in [1.54, 1.807) is 6.20 Å². The van der Waals surface area contributed by atoms with Crippen LogP contribution in [0, 0.1) is 5.92 Å². The summed E-state index contributed by atoms with van der Waals surface area (Å²) < 4.78 is 4.69. The first-order valence-corrected chi connectivity index (χ1v) is 9.72. The maximum absolute atomic E-state index is 12.6. The lowest BCUT2D eigenvalue weighted by molar-refractivity contribution is -0.120. The molecule has 2 amide bonds. The molecule has 0 atom stereocenters. The van der Waals surface area contributed by atoms with E-state index in [0.29, 0.717) is 5.69 Å². The maximum Gasteiger partial charge on any atom is 0.273 e. The molecule has 1 aromatic carbocycles. The second-order valence-electron chi connectivity index (χ2n) is 7.19. The Labute approximate surface area is 168 Å². The van der Waals surface area contributed by atoms with Crippen LogP contribution in [0.2, 0.25) is 0 Å². The van der Waals surface area contributed by atoms with E-state index in [2.05, 4.69) is 20.8 Å². The zero-order valence-electron chi connectivity index (χ0n) is 15.9. The van der Waals surface area contributed by atoms with Crippen LogP contribution < -0.4 is 10.6 Å². The Morgan fingerprint density at radius 3 is 2.41 bits per heavy atom. The highest BCUT2D eigenvalue weighted by Gasteiger charge is 2.27. The van der Waals surface area contributed by atoms with Crippen molar-refractivity contribution in [1.29, 1.82) is 0 Å². The molecule has 4 rings (SSSR count). The Morgan fingerprint density at radius 2 is 1.76 bits per heavy atom. The number of carbonyl (C=O) groups excluding carboxylic acids is 2. The van der Waals surface area contributed by atoms with E-state index >= 15 is 0 Å². The van der Waals surface area contributed by atoms with E-state index in [0.717, 1.165) is 36.9 Å². The molecular weight excluding hydrogens is 368 g/mol. The first kappa shape index (κ1) is 18.9. The molecule has 2 N–H and O–H groups in total. The lowest BCUT2D eigenvalue weighted by Gasteiger charge is -2.28. The third-order valence-corrected chi connectivity index (χ3v) is 5.20. The van der Waals surface area contributed by atoms with E-state index < -0.39 is 0 Å². The minimum Gasteiger partial charge on any atom is -0.364 e. The van der Waals surface area contributed by atoms with Crippen molar-refractivity contribution in [1.82, 2.24) is 15.5 Å². The topological polar surface area (TPSA) is 97.1 Å². The molecule has 0 radical (unpaired) electrons. The average molecular weight is 390 g/mol. The summed E-state index contributed by atoms with van der Waals surface area (Å²) in [4.78, 5) is 29.1. The summed E-state index contributed by atoms with van der Waals surface area (Å²) >= 11 is 0. The molecular formula is C22H22N4O3. The molecule has 148 valence electrons. The second-order valence-corrected chi connectivity index (χ2v) is 7.19. The summed E-state index contributed by atoms with van der Waals surface area (Å²) in [5.41, 5.74) is 2.87. The molecule has 1 fully saturated rings. The predicted molar refractivity (Wildman–Crippen MR) is 108 cm³/mol. The largest absolute Gasteiger partial charge is 0.364 e. The first-order valence-electron chi connectivity index (χ1n) is 9.72. The zero-order valence-corrected chi connectivity index (χ0v) is 15.9. The quantitative estimate of drug-likeness (QED) is 0.693. The molecule has 29 heavy (non-hydrogen) atoms. The predicted octanol–water partition coefficient (Wildman–Crippen LogP) is 3.66. The van der Waals surface area contributed by atoms with Gasteiger partial charge in [-0.05, 0) is 37.8 Å². The third-order valence-electron chi connectivity index (χ3n) is 5.20. The van der Waals surface area contributed by atoms with Gasteiger partial charge in [-0.25, -0.2) is 0 Å². The van der Waals surface area contributed by atoms with Gasteiger partial charge in [-0.2, -0.15) is 0 Å². The highest BCUT2D eigenvalue weighted by Crippen LogP contribution is 2.26. The molecule has 3 aromatic rings. The van der Waals surface area contributed by atoms with Gasteiger partial charge in [0.2, 0.25) is 5.91 Å². The number of hydrogen-bond donors (Lipinski definition) is 2. The Kier molecular flexibility index (Phi) is 5.65. The van der Waals surface area contributed by atoms with Crippen LogP contribution >= 0.6 is 0 Å². The lowest BCUT2D eigenvalue weighted by Crippen LogP contribution is -2.39. The van der Waals surface area contributed by atoms with Crippen LogP contribution in [-0.4, -0.2) is 28.0 Å². The average Bonchev–Trinajstić information content (AvgIpc) is 3.31. The van der Waals surface area contributed by atoms with Gasteiger partial charge < -0.3 is 15.2 Å². The van der Waals surface area contributed by atoms with Crippen molar-refractivity contribution in [3.8, 4) is 11.3 Å². The molecule has 7 heteroatoms. The fourth-order valence-electron chi connectivity index (χ4n) is 3.58. The fourth-order valence-corrected chi connectivity index (χ4v) is 3.58. The van der Waals surface area contributed by atoms with Gasteiger partial charge in [-0.1, -0.05) is 35.5 Å². The Hall–Kier alpha value is -3.48. The van der Waals surface area contributed by atoms with Crippen molar-refractivity contribution >= 4 is 17.5 Å². The Bertz CT molecular complexity index is 947. The van der Waals surface area contributed by atoms with Gasteiger partial charge in [0.25, 0.3) is 5.91 Å². The smallest absolute Gasteiger partial charge is 0.273 e. The Morgan fingerprint density at radius 1 is 0.966 bits per heavy atom. The molecule has 2 heterocycles. The second kappa shape index (κ2) is 8.68. The highest BCUT2D eigenvalue weighted by atomic mass is 16.5. The standard InChI is InChI=1S/C22H22N4O3/c27-21(25-18-10-11-19(23-14-18)15-4-2-1-3-5-15)16-6-8-17(9-7-16)24-22(28)20-12-13-29-26-20/h1-5,10-14,16-17H,6-9H2,(H,24,28)(H,25,27). The van der Waals surface area contributed by atoms with E-state index in [-0.39, 0.29) is 29.5 Å². The van der Waals surface area contributed by atoms with E-state index in [1.165, 1.54) is 12.3 Å². The van der Waals surface area contributed by atoms with Gasteiger partial charge in [0, 0.05) is 23.6 Å². The fraction of sp³-hybridized carbons (Fsp3) is 0.273. The van der Waals surface area contributed by atoms with Gasteiger partial charge in [-0.3, -0.25) is 14.6 Å². The van der Waals surface area contributed by atoms with Crippen molar-refractivity contribution in [2.45, 2.75) is 31.7 Å². The number of carbonyl (C=O) groups is 2. The number of rotatable bonds is 5. The van der Waals surface area contributed by atoms with Crippen molar-refractivity contribution in [2.24, 2.45) is 5.92 Å². The molecule has 0 spiro atoms. The van der Waals surface area contributed by atoms with Crippen LogP contribution in [0.5, 0.6) is 0 Å². The molecule has 0 aliphatic heterocycles. The normalized spacial score (nSPS) is 18.8. The van der Waals surface area contributed by atoms with Crippen molar-refractivity contribution < 1.29 is 14.1 Å². The summed E-state index contributed by atoms with van der Waals surface area (Å²) in [5, 5.41) is 9.55. The zero-order chi connectivity index (χ0) is 20.1. The monoisotopic (exact) mass is 390 g/mol. The van der Waals surface area contributed by atoms with E-state index in [9.17, 15) is 9.59 Å². The van der Waals surface area contributed by atoms with Crippen molar-refractivity contribution in [3.05, 3.63) is 66.7 Å². The third kappa shape index (κ3) is 4.68. The molecule has 0 bridgehead atoms. The lowest BCUT2D eigenvalue weighted by atomic mass is 9.85. The first-order chi connectivity index (χ1) is 14.2. The van der Waals surface area contributed by atoms with E-state index in [4.69, 9.17) is 4.52 Å². The molecule has 1 aliphatic carbocycles. The highest BCUT2D eigenvalue weighted by molar-refractivity contribution is 5.93. The van der Waals surface area contributed by atoms with Gasteiger partial charge in [0.15, 0.2) is 5.69 Å². The number of anilines is 1. The summed E-state index contributed by atoms with van der Waals surface area (Å²) in [6.07, 6.45) is 6.03. The molecule has 1 saturated carbocycles. The van der Waals surface area contributed by atoms with Crippen LogP contribution in [0.1, 0.15) is 36.2 Å². The maximum atomic E-state index is 12.6. The van der Waals surface area contributed by atoms with E-state index in [1.807, 2.05) is 42.5 Å². The molecule has 1 aliphatic rings. The molecule has 0 saturated heterocycles. The number of amides is 2. The molecule has 0 unspecified atom stereocenters. The minimum absolute atomic E-state index is 0.000499. The summed E-state index contributed by atoms with van der Waals surface area (Å²) in [6.45, 7) is 0. The van der Waals surface area contributed by atoms with Crippen LogP contribution in [0.3, 0.4) is 0 Å². The van der Waals surface area contributed by atoms with Gasteiger partial charge in [-0.15, -0.1) is 0 Å². The number of benzene rings is 1. The van der Waals surface area contributed by atoms with Crippen LogP contribution in [-0.2, 0) is 4.79 Å². The number of hydrogen-bond acceptors (Lipinski definition) is 5. The van der Waals surface area contributed by atoms with Crippen molar-refractivity contribution in [3.63, 3.8) is 0 Å². The minimum atomic E-state index is -0.240. The van der Waals surface area contributed by atoms with Gasteiger partial charge in [0.1, 0.15) is 6.26 Å². The Balaban J connectivity index is 1.27. The van der Waals surface area contributed by atoms with Gasteiger partial charge >= 0.3 is 0 Å². The summed E-state index contributed by atoms with van der Waals surface area (Å²) in [5.74, 6) is -0.305. The van der Waals surface area contributed by atoms with Crippen molar-refractivity contribution in [2.75, 3.05) is 5.32 Å². The number of pyridine rings is 1.